The molecular formula is C16H23Cl2N. The third-order valence-electron chi connectivity index (χ3n) is 4.36. The van der Waals surface area contributed by atoms with E-state index >= 15 is 0 Å². The molecular weight excluding hydrogens is 277 g/mol. The first-order chi connectivity index (χ1) is 9.02. The average Bonchev–Trinajstić information content (AvgIpc) is 2.36. The SMILES string of the molecule is CCCC1CCC(N)(Cc2ccc(Cl)cc2Cl)CC1. The van der Waals surface area contributed by atoms with Gasteiger partial charge in [0.25, 0.3) is 0 Å². The van der Waals surface area contributed by atoms with Crippen molar-refractivity contribution in [3.63, 3.8) is 0 Å². The lowest BCUT2D eigenvalue weighted by Crippen LogP contribution is -2.45. The van der Waals surface area contributed by atoms with Crippen LogP contribution < -0.4 is 5.73 Å². The molecule has 2 N–H and O–H groups in total. The Kier molecular flexibility index (Phi) is 5.16. The van der Waals surface area contributed by atoms with Gasteiger partial charge >= 0.3 is 0 Å². The number of hydrogen-bond acceptors (Lipinski definition) is 1. The first-order valence-electron chi connectivity index (χ1n) is 7.25. The molecule has 1 aliphatic rings. The van der Waals surface area contributed by atoms with Gasteiger partial charge in [0.15, 0.2) is 0 Å². The molecule has 0 bridgehead atoms. The summed E-state index contributed by atoms with van der Waals surface area (Å²) < 4.78 is 0. The van der Waals surface area contributed by atoms with Gasteiger partial charge in [-0.05, 0) is 55.7 Å². The largest absolute Gasteiger partial charge is 0.325 e. The van der Waals surface area contributed by atoms with Crippen LogP contribution in [-0.2, 0) is 6.42 Å². The van der Waals surface area contributed by atoms with Crippen LogP contribution >= 0.6 is 23.2 Å². The molecule has 0 spiro atoms. The first-order valence-corrected chi connectivity index (χ1v) is 8.01. The van der Waals surface area contributed by atoms with Crippen molar-refractivity contribution < 1.29 is 0 Å². The molecule has 2 rings (SSSR count). The van der Waals surface area contributed by atoms with Crippen LogP contribution in [0.4, 0.5) is 0 Å². The van der Waals surface area contributed by atoms with Gasteiger partial charge in [0.1, 0.15) is 0 Å². The van der Waals surface area contributed by atoms with Gasteiger partial charge in [-0.15, -0.1) is 0 Å². The van der Waals surface area contributed by atoms with Crippen molar-refractivity contribution in [3.05, 3.63) is 33.8 Å². The van der Waals surface area contributed by atoms with Crippen LogP contribution in [0.2, 0.25) is 10.0 Å². The summed E-state index contributed by atoms with van der Waals surface area (Å²) in [6.45, 7) is 2.26. The third-order valence-corrected chi connectivity index (χ3v) is 4.94. The number of halogens is 2. The van der Waals surface area contributed by atoms with E-state index < -0.39 is 0 Å². The van der Waals surface area contributed by atoms with Crippen molar-refractivity contribution in [2.45, 2.75) is 57.4 Å². The summed E-state index contributed by atoms with van der Waals surface area (Å²) in [5, 5.41) is 1.43. The fraction of sp³-hybridized carbons (Fsp3) is 0.625. The molecule has 1 nitrogen and oxygen atoms in total. The summed E-state index contributed by atoms with van der Waals surface area (Å²) in [4.78, 5) is 0. The lowest BCUT2D eigenvalue weighted by Gasteiger charge is -2.37. The van der Waals surface area contributed by atoms with E-state index in [1.807, 2.05) is 18.2 Å². The van der Waals surface area contributed by atoms with E-state index in [4.69, 9.17) is 28.9 Å². The Bertz CT molecular complexity index is 423. The van der Waals surface area contributed by atoms with Gasteiger partial charge in [-0.1, -0.05) is 49.0 Å². The summed E-state index contributed by atoms with van der Waals surface area (Å²) in [5.74, 6) is 0.877. The molecule has 1 aliphatic carbocycles. The van der Waals surface area contributed by atoms with E-state index in [2.05, 4.69) is 6.92 Å². The molecule has 0 amide bonds. The van der Waals surface area contributed by atoms with E-state index in [-0.39, 0.29) is 5.54 Å². The summed E-state index contributed by atoms with van der Waals surface area (Å²) in [7, 11) is 0. The van der Waals surface area contributed by atoms with Crippen LogP contribution in [0.15, 0.2) is 18.2 Å². The quantitative estimate of drug-likeness (QED) is 0.810. The van der Waals surface area contributed by atoms with E-state index in [0.29, 0.717) is 5.02 Å². The summed E-state index contributed by atoms with van der Waals surface area (Å²) in [6.07, 6.45) is 8.23. The molecule has 0 unspecified atom stereocenters. The van der Waals surface area contributed by atoms with Gasteiger partial charge in [0, 0.05) is 15.6 Å². The zero-order valence-corrected chi connectivity index (χ0v) is 13.1. The zero-order chi connectivity index (χ0) is 13.9. The summed E-state index contributed by atoms with van der Waals surface area (Å²) in [5.41, 5.74) is 7.61. The normalized spacial score (nSPS) is 27.5. The molecule has 1 saturated carbocycles. The van der Waals surface area contributed by atoms with Crippen molar-refractivity contribution in [2.24, 2.45) is 11.7 Å². The van der Waals surface area contributed by atoms with Crippen molar-refractivity contribution >= 4 is 23.2 Å². The molecule has 0 aliphatic heterocycles. The van der Waals surface area contributed by atoms with Crippen LogP contribution in [0.25, 0.3) is 0 Å². The van der Waals surface area contributed by atoms with Crippen LogP contribution in [0, 0.1) is 5.92 Å². The fourth-order valence-corrected chi connectivity index (χ4v) is 3.65. The molecule has 3 heteroatoms. The van der Waals surface area contributed by atoms with Crippen molar-refractivity contribution in [1.29, 1.82) is 0 Å². The predicted octanol–water partition coefficient (Wildman–Crippen LogP) is 5.22. The Morgan fingerprint density at radius 2 is 1.95 bits per heavy atom. The Labute approximate surface area is 126 Å². The monoisotopic (exact) mass is 299 g/mol. The summed E-state index contributed by atoms with van der Waals surface area (Å²) >= 11 is 12.2. The number of rotatable bonds is 4. The van der Waals surface area contributed by atoms with Gasteiger partial charge in [-0.2, -0.15) is 0 Å². The maximum atomic E-state index is 6.56. The predicted molar refractivity (Wildman–Crippen MR) is 84.0 cm³/mol. The summed E-state index contributed by atoms with van der Waals surface area (Å²) in [6, 6.07) is 5.72. The van der Waals surface area contributed by atoms with E-state index in [1.165, 1.54) is 25.7 Å². The lowest BCUT2D eigenvalue weighted by atomic mass is 9.73. The molecule has 0 atom stereocenters. The average molecular weight is 300 g/mol. The highest BCUT2D eigenvalue weighted by Crippen LogP contribution is 2.36. The zero-order valence-electron chi connectivity index (χ0n) is 11.6. The van der Waals surface area contributed by atoms with Gasteiger partial charge < -0.3 is 5.73 Å². The highest BCUT2D eigenvalue weighted by Gasteiger charge is 2.31. The maximum Gasteiger partial charge on any atom is 0.0453 e. The van der Waals surface area contributed by atoms with Crippen LogP contribution in [0.3, 0.4) is 0 Å². The molecule has 0 aromatic heterocycles. The minimum absolute atomic E-state index is 0.0816. The number of benzene rings is 1. The topological polar surface area (TPSA) is 26.0 Å². The number of hydrogen-bond donors (Lipinski definition) is 1. The van der Waals surface area contributed by atoms with Gasteiger partial charge in [-0.3, -0.25) is 0 Å². The molecule has 1 aromatic carbocycles. The Balaban J connectivity index is 1.99. The Hall–Kier alpha value is -0.240. The second-order valence-corrected chi connectivity index (χ2v) is 6.85. The highest BCUT2D eigenvalue weighted by atomic mass is 35.5. The van der Waals surface area contributed by atoms with E-state index in [1.54, 1.807) is 0 Å². The van der Waals surface area contributed by atoms with Crippen molar-refractivity contribution in [1.82, 2.24) is 0 Å². The molecule has 0 saturated heterocycles. The molecule has 1 aromatic rings. The molecule has 1 fully saturated rings. The molecule has 0 radical (unpaired) electrons. The van der Waals surface area contributed by atoms with Crippen molar-refractivity contribution in [2.75, 3.05) is 0 Å². The lowest BCUT2D eigenvalue weighted by molar-refractivity contribution is 0.223. The van der Waals surface area contributed by atoms with Crippen LogP contribution in [-0.4, -0.2) is 5.54 Å². The van der Waals surface area contributed by atoms with E-state index in [0.717, 1.165) is 35.8 Å². The smallest absolute Gasteiger partial charge is 0.0453 e. The van der Waals surface area contributed by atoms with E-state index in [9.17, 15) is 0 Å². The fourth-order valence-electron chi connectivity index (χ4n) is 3.17. The Morgan fingerprint density at radius 3 is 2.53 bits per heavy atom. The molecule has 19 heavy (non-hydrogen) atoms. The van der Waals surface area contributed by atoms with Gasteiger partial charge in [0.05, 0.1) is 0 Å². The second kappa shape index (κ2) is 6.47. The first kappa shape index (κ1) is 15.2. The molecule has 0 heterocycles. The minimum atomic E-state index is -0.0816. The van der Waals surface area contributed by atoms with Crippen LogP contribution in [0.5, 0.6) is 0 Å². The van der Waals surface area contributed by atoms with Gasteiger partial charge in [-0.25, -0.2) is 0 Å². The van der Waals surface area contributed by atoms with Crippen LogP contribution in [0.1, 0.15) is 51.0 Å². The standard InChI is InChI=1S/C16H23Cl2N/c1-2-3-12-6-8-16(19,9-7-12)11-13-4-5-14(17)10-15(13)18/h4-5,10,12H,2-3,6-9,11,19H2,1H3. The second-order valence-electron chi connectivity index (χ2n) is 6.01. The molecule has 106 valence electrons. The third kappa shape index (κ3) is 4.11. The number of nitrogens with two attached hydrogens (primary N) is 1. The minimum Gasteiger partial charge on any atom is -0.325 e. The highest BCUT2D eigenvalue weighted by molar-refractivity contribution is 6.35. The maximum absolute atomic E-state index is 6.56. The Morgan fingerprint density at radius 1 is 1.26 bits per heavy atom. The van der Waals surface area contributed by atoms with Gasteiger partial charge in [0.2, 0.25) is 0 Å². The van der Waals surface area contributed by atoms with Crippen molar-refractivity contribution in [3.8, 4) is 0 Å².